The average Bonchev–Trinajstić information content (AvgIpc) is 2.65. The molecule has 1 atom stereocenters. The standard InChI is InChI=1S/C10H20N2O2/c1-2-14-10(13)4-3-6-12-9-5-7-11-8-9/h9,11-12H,2-8H2,1H3. The van der Waals surface area contributed by atoms with Gasteiger partial charge >= 0.3 is 5.97 Å². The maximum absolute atomic E-state index is 11.0. The van der Waals surface area contributed by atoms with E-state index in [4.69, 9.17) is 4.74 Å². The lowest BCUT2D eigenvalue weighted by Crippen LogP contribution is -2.31. The fourth-order valence-corrected chi connectivity index (χ4v) is 1.60. The molecule has 14 heavy (non-hydrogen) atoms. The van der Waals surface area contributed by atoms with Crippen molar-refractivity contribution in [3.63, 3.8) is 0 Å². The van der Waals surface area contributed by atoms with Crippen LogP contribution in [-0.4, -0.2) is 38.3 Å². The second-order valence-electron chi connectivity index (χ2n) is 3.55. The molecule has 0 amide bonds. The second kappa shape index (κ2) is 6.79. The Morgan fingerprint density at radius 3 is 3.14 bits per heavy atom. The van der Waals surface area contributed by atoms with Crippen LogP contribution in [0.2, 0.25) is 0 Å². The van der Waals surface area contributed by atoms with E-state index in [1.807, 2.05) is 6.92 Å². The number of rotatable bonds is 6. The maximum atomic E-state index is 11.0. The molecule has 1 rings (SSSR count). The lowest BCUT2D eigenvalue weighted by Gasteiger charge is -2.10. The summed E-state index contributed by atoms with van der Waals surface area (Å²) >= 11 is 0. The van der Waals surface area contributed by atoms with Gasteiger partial charge in [0.05, 0.1) is 6.61 Å². The van der Waals surface area contributed by atoms with Crippen LogP contribution in [0.25, 0.3) is 0 Å². The summed E-state index contributed by atoms with van der Waals surface area (Å²) in [4.78, 5) is 11.0. The molecule has 0 aromatic rings. The highest BCUT2D eigenvalue weighted by Gasteiger charge is 2.12. The minimum Gasteiger partial charge on any atom is -0.466 e. The quantitative estimate of drug-likeness (QED) is 0.478. The van der Waals surface area contributed by atoms with Gasteiger partial charge in [-0.3, -0.25) is 4.79 Å². The minimum atomic E-state index is -0.0844. The Bertz CT molecular complexity index is 168. The summed E-state index contributed by atoms with van der Waals surface area (Å²) < 4.78 is 4.83. The summed E-state index contributed by atoms with van der Waals surface area (Å²) in [7, 11) is 0. The van der Waals surface area contributed by atoms with Gasteiger partial charge in [0.15, 0.2) is 0 Å². The Morgan fingerprint density at radius 2 is 2.50 bits per heavy atom. The number of carbonyl (C=O) groups excluding carboxylic acids is 1. The first kappa shape index (κ1) is 11.5. The first-order valence-corrected chi connectivity index (χ1v) is 5.42. The molecule has 0 aromatic carbocycles. The number of nitrogens with one attached hydrogen (secondary N) is 2. The molecule has 2 N–H and O–H groups in total. The average molecular weight is 200 g/mol. The molecule has 0 bridgehead atoms. The minimum absolute atomic E-state index is 0.0844. The van der Waals surface area contributed by atoms with Crippen LogP contribution in [0.3, 0.4) is 0 Å². The van der Waals surface area contributed by atoms with Crippen LogP contribution in [0, 0.1) is 0 Å². The largest absolute Gasteiger partial charge is 0.466 e. The number of hydrogen-bond donors (Lipinski definition) is 2. The first-order valence-electron chi connectivity index (χ1n) is 5.42. The van der Waals surface area contributed by atoms with Gasteiger partial charge in [0, 0.05) is 19.0 Å². The van der Waals surface area contributed by atoms with Crippen molar-refractivity contribution in [2.45, 2.75) is 32.2 Å². The van der Waals surface area contributed by atoms with Crippen molar-refractivity contribution in [2.24, 2.45) is 0 Å². The van der Waals surface area contributed by atoms with Crippen molar-refractivity contribution >= 4 is 5.97 Å². The first-order chi connectivity index (χ1) is 6.83. The molecule has 1 aliphatic heterocycles. The molecule has 0 spiro atoms. The van der Waals surface area contributed by atoms with Gasteiger partial charge in [-0.1, -0.05) is 0 Å². The smallest absolute Gasteiger partial charge is 0.305 e. The SMILES string of the molecule is CCOC(=O)CCCNC1CCNC1. The van der Waals surface area contributed by atoms with Gasteiger partial charge in [-0.2, -0.15) is 0 Å². The van der Waals surface area contributed by atoms with E-state index in [1.165, 1.54) is 6.42 Å². The van der Waals surface area contributed by atoms with Crippen LogP contribution >= 0.6 is 0 Å². The van der Waals surface area contributed by atoms with Crippen LogP contribution in [0.4, 0.5) is 0 Å². The summed E-state index contributed by atoms with van der Waals surface area (Å²) in [6.45, 7) is 5.39. The predicted octanol–water partition coefficient (Wildman–Crippen LogP) is 0.281. The van der Waals surface area contributed by atoms with Gasteiger partial charge < -0.3 is 15.4 Å². The number of ether oxygens (including phenoxy) is 1. The van der Waals surface area contributed by atoms with E-state index in [2.05, 4.69) is 10.6 Å². The van der Waals surface area contributed by atoms with Crippen molar-refractivity contribution in [1.82, 2.24) is 10.6 Å². The van der Waals surface area contributed by atoms with Gasteiger partial charge in [-0.05, 0) is 32.9 Å². The molecule has 4 heteroatoms. The zero-order valence-corrected chi connectivity index (χ0v) is 8.84. The van der Waals surface area contributed by atoms with E-state index in [-0.39, 0.29) is 5.97 Å². The van der Waals surface area contributed by atoms with Crippen molar-refractivity contribution in [1.29, 1.82) is 0 Å². The summed E-state index contributed by atoms with van der Waals surface area (Å²) in [6, 6.07) is 0.595. The molecular formula is C10H20N2O2. The molecule has 82 valence electrons. The highest BCUT2D eigenvalue weighted by atomic mass is 16.5. The molecule has 1 saturated heterocycles. The third kappa shape index (κ3) is 4.58. The summed E-state index contributed by atoms with van der Waals surface area (Å²) in [5, 5.41) is 6.70. The third-order valence-corrected chi connectivity index (χ3v) is 2.36. The van der Waals surface area contributed by atoms with E-state index >= 15 is 0 Å². The number of hydrogen-bond acceptors (Lipinski definition) is 4. The zero-order valence-electron chi connectivity index (χ0n) is 8.84. The van der Waals surface area contributed by atoms with E-state index < -0.39 is 0 Å². The fraction of sp³-hybridized carbons (Fsp3) is 0.900. The third-order valence-electron chi connectivity index (χ3n) is 2.36. The molecule has 0 aromatic heterocycles. The van der Waals surface area contributed by atoms with Crippen LogP contribution < -0.4 is 10.6 Å². The van der Waals surface area contributed by atoms with Gasteiger partial charge in [-0.15, -0.1) is 0 Å². The normalized spacial score (nSPS) is 21.1. The van der Waals surface area contributed by atoms with E-state index in [0.29, 0.717) is 19.1 Å². The second-order valence-corrected chi connectivity index (χ2v) is 3.55. The summed E-state index contributed by atoms with van der Waals surface area (Å²) in [5.41, 5.74) is 0. The van der Waals surface area contributed by atoms with Crippen LogP contribution in [0.5, 0.6) is 0 Å². The Morgan fingerprint density at radius 1 is 1.64 bits per heavy atom. The van der Waals surface area contributed by atoms with Gasteiger partial charge in [-0.25, -0.2) is 0 Å². The fourth-order valence-electron chi connectivity index (χ4n) is 1.60. The molecule has 1 aliphatic rings. The van der Waals surface area contributed by atoms with Crippen molar-refractivity contribution < 1.29 is 9.53 Å². The number of carbonyl (C=O) groups is 1. The van der Waals surface area contributed by atoms with Crippen molar-refractivity contribution in [2.75, 3.05) is 26.2 Å². The van der Waals surface area contributed by atoms with E-state index in [0.717, 1.165) is 26.1 Å². The molecule has 4 nitrogen and oxygen atoms in total. The van der Waals surface area contributed by atoms with Crippen molar-refractivity contribution in [3.8, 4) is 0 Å². The molecular weight excluding hydrogens is 180 g/mol. The maximum Gasteiger partial charge on any atom is 0.305 e. The van der Waals surface area contributed by atoms with Gasteiger partial charge in [0.25, 0.3) is 0 Å². The lowest BCUT2D eigenvalue weighted by molar-refractivity contribution is -0.143. The molecule has 0 radical (unpaired) electrons. The summed E-state index contributed by atoms with van der Waals surface area (Å²) in [5.74, 6) is -0.0844. The van der Waals surface area contributed by atoms with Gasteiger partial charge in [0.1, 0.15) is 0 Å². The Kier molecular flexibility index (Phi) is 5.56. The summed E-state index contributed by atoms with van der Waals surface area (Å²) in [6.07, 6.45) is 2.59. The highest BCUT2D eigenvalue weighted by Crippen LogP contribution is 1.98. The Labute approximate surface area is 85.4 Å². The van der Waals surface area contributed by atoms with Gasteiger partial charge in [0.2, 0.25) is 0 Å². The molecule has 1 heterocycles. The van der Waals surface area contributed by atoms with Crippen LogP contribution in [0.1, 0.15) is 26.2 Å². The lowest BCUT2D eigenvalue weighted by atomic mass is 10.2. The molecule has 0 saturated carbocycles. The molecule has 1 fully saturated rings. The van der Waals surface area contributed by atoms with Crippen molar-refractivity contribution in [3.05, 3.63) is 0 Å². The molecule has 0 aliphatic carbocycles. The van der Waals surface area contributed by atoms with Crippen LogP contribution in [0.15, 0.2) is 0 Å². The Hall–Kier alpha value is -0.610. The highest BCUT2D eigenvalue weighted by molar-refractivity contribution is 5.69. The number of esters is 1. The topological polar surface area (TPSA) is 50.4 Å². The van der Waals surface area contributed by atoms with Crippen LogP contribution in [-0.2, 0) is 9.53 Å². The Balaban J connectivity index is 1.90. The van der Waals surface area contributed by atoms with E-state index in [1.54, 1.807) is 0 Å². The monoisotopic (exact) mass is 200 g/mol. The zero-order chi connectivity index (χ0) is 10.2. The predicted molar refractivity (Wildman–Crippen MR) is 55.1 cm³/mol. The molecule has 1 unspecified atom stereocenters. The van der Waals surface area contributed by atoms with E-state index in [9.17, 15) is 4.79 Å².